The first-order valence-corrected chi connectivity index (χ1v) is 4.25. The van der Waals surface area contributed by atoms with Gasteiger partial charge in [-0.2, -0.15) is 5.01 Å². The molecular weight excluding hydrogens is 184 g/mol. The fourth-order valence-electron chi connectivity index (χ4n) is 1.11. The van der Waals surface area contributed by atoms with Gasteiger partial charge in [-0.15, -0.1) is 5.53 Å². The van der Waals surface area contributed by atoms with Crippen molar-refractivity contribution in [1.82, 2.24) is 15.6 Å². The Morgan fingerprint density at radius 1 is 1.71 bits per heavy atom. The van der Waals surface area contributed by atoms with E-state index in [1.807, 2.05) is 0 Å². The molecule has 0 unspecified atom stereocenters. The molecule has 14 heavy (non-hydrogen) atoms. The standard InChI is InChI=1S/C8H10N4O2/c1-2-14-8(13)12-6-7-9-4-3-5-11(7)10-12/h3-6,10H,2H2,1H3. The number of ether oxygens (including phenoxy) is 1. The van der Waals surface area contributed by atoms with Gasteiger partial charge in [-0.3, -0.25) is 0 Å². The van der Waals surface area contributed by atoms with Crippen molar-refractivity contribution in [3.63, 3.8) is 0 Å². The topological polar surface area (TPSA) is 57.2 Å². The van der Waals surface area contributed by atoms with Crippen LogP contribution in [-0.2, 0) is 4.74 Å². The molecule has 0 saturated carbocycles. The first-order chi connectivity index (χ1) is 6.81. The van der Waals surface area contributed by atoms with Crippen LogP contribution in [0.2, 0.25) is 0 Å². The third kappa shape index (κ3) is 1.47. The summed E-state index contributed by atoms with van der Waals surface area (Å²) in [4.78, 5) is 15.3. The highest BCUT2D eigenvalue weighted by Crippen LogP contribution is 2.15. The van der Waals surface area contributed by atoms with Gasteiger partial charge in [0.1, 0.15) is 0 Å². The molecule has 0 saturated heterocycles. The van der Waals surface area contributed by atoms with E-state index in [2.05, 4.69) is 10.5 Å². The largest absolute Gasteiger partial charge is 0.448 e. The number of nitrogens with one attached hydrogen (secondary N) is 1. The maximum Gasteiger partial charge on any atom is 0.430 e. The molecule has 0 spiro atoms. The van der Waals surface area contributed by atoms with Crippen molar-refractivity contribution in [2.45, 2.75) is 6.92 Å². The van der Waals surface area contributed by atoms with E-state index in [0.717, 1.165) is 0 Å². The third-order valence-electron chi connectivity index (χ3n) is 1.70. The fraction of sp³-hybridized carbons (Fsp3) is 0.250. The Hall–Kier alpha value is -1.82. The van der Waals surface area contributed by atoms with E-state index < -0.39 is 6.09 Å². The van der Waals surface area contributed by atoms with Gasteiger partial charge in [0.05, 0.1) is 12.8 Å². The molecule has 1 amide bonds. The number of hydrogen-bond acceptors (Lipinski definition) is 5. The summed E-state index contributed by atoms with van der Waals surface area (Å²) in [6.45, 7) is 2.10. The van der Waals surface area contributed by atoms with Crippen molar-refractivity contribution < 1.29 is 9.53 Å². The number of carbonyl (C=O) groups excluding carboxylic acids is 1. The van der Waals surface area contributed by atoms with Gasteiger partial charge in [-0.25, -0.2) is 14.8 Å². The number of aliphatic imine (C=N–C) groups is 1. The summed E-state index contributed by atoms with van der Waals surface area (Å²) < 4.78 is 4.81. The predicted molar refractivity (Wildman–Crippen MR) is 49.6 cm³/mol. The smallest absolute Gasteiger partial charge is 0.430 e. The number of allylic oxidation sites excluding steroid dienone is 1. The molecule has 74 valence electrons. The number of carbonyl (C=O) groups is 1. The molecule has 0 aromatic rings. The second-order valence-electron chi connectivity index (χ2n) is 2.65. The average molecular weight is 194 g/mol. The Morgan fingerprint density at radius 3 is 3.29 bits per heavy atom. The van der Waals surface area contributed by atoms with E-state index in [4.69, 9.17) is 4.74 Å². The maximum absolute atomic E-state index is 11.3. The SMILES string of the molecule is CCOC(=O)N1C=C2N=CC=CN2N1. The van der Waals surface area contributed by atoms with Crippen LogP contribution in [0.5, 0.6) is 0 Å². The Balaban J connectivity index is 2.06. The lowest BCUT2D eigenvalue weighted by Gasteiger charge is -2.19. The van der Waals surface area contributed by atoms with E-state index in [9.17, 15) is 4.79 Å². The fourth-order valence-corrected chi connectivity index (χ4v) is 1.11. The van der Waals surface area contributed by atoms with Crippen LogP contribution in [0.25, 0.3) is 0 Å². The molecule has 2 heterocycles. The predicted octanol–water partition coefficient (Wildman–Crippen LogP) is 0.577. The molecule has 2 aliphatic heterocycles. The molecule has 6 nitrogen and oxygen atoms in total. The van der Waals surface area contributed by atoms with Crippen LogP contribution in [0, 0.1) is 0 Å². The monoisotopic (exact) mass is 194 g/mol. The van der Waals surface area contributed by atoms with Crippen LogP contribution in [0.1, 0.15) is 6.92 Å². The van der Waals surface area contributed by atoms with Gasteiger partial charge in [-0.05, 0) is 13.0 Å². The Morgan fingerprint density at radius 2 is 2.57 bits per heavy atom. The van der Waals surface area contributed by atoms with Gasteiger partial charge < -0.3 is 4.74 Å². The lowest BCUT2D eigenvalue weighted by molar-refractivity contribution is 0.0895. The minimum atomic E-state index is -0.446. The molecule has 6 heteroatoms. The second kappa shape index (κ2) is 3.51. The van der Waals surface area contributed by atoms with E-state index in [0.29, 0.717) is 12.4 Å². The van der Waals surface area contributed by atoms with Gasteiger partial charge >= 0.3 is 6.09 Å². The molecular formula is C8H10N4O2. The maximum atomic E-state index is 11.3. The summed E-state index contributed by atoms with van der Waals surface area (Å²) in [5.74, 6) is 0.653. The van der Waals surface area contributed by atoms with Gasteiger partial charge in [0, 0.05) is 12.4 Å². The van der Waals surface area contributed by atoms with Crippen LogP contribution in [0.15, 0.2) is 29.3 Å². The van der Waals surface area contributed by atoms with Crippen molar-refractivity contribution in [1.29, 1.82) is 0 Å². The molecule has 0 aromatic heterocycles. The third-order valence-corrected chi connectivity index (χ3v) is 1.70. The first kappa shape index (κ1) is 8.76. The van der Waals surface area contributed by atoms with Crippen LogP contribution in [-0.4, -0.2) is 28.9 Å². The molecule has 0 fully saturated rings. The molecule has 0 bridgehead atoms. The molecule has 0 aromatic carbocycles. The Kier molecular flexibility index (Phi) is 2.19. The number of fused-ring (bicyclic) bond motifs is 1. The van der Waals surface area contributed by atoms with Crippen LogP contribution in [0.3, 0.4) is 0 Å². The minimum absolute atomic E-state index is 0.347. The van der Waals surface area contributed by atoms with Crippen molar-refractivity contribution in [2.24, 2.45) is 4.99 Å². The summed E-state index contributed by atoms with van der Waals surface area (Å²) in [6, 6.07) is 0. The zero-order valence-electron chi connectivity index (χ0n) is 7.67. The van der Waals surface area contributed by atoms with Crippen molar-refractivity contribution in [3.8, 4) is 0 Å². The quantitative estimate of drug-likeness (QED) is 0.663. The summed E-state index contributed by atoms with van der Waals surface area (Å²) in [7, 11) is 0. The molecule has 0 radical (unpaired) electrons. The minimum Gasteiger partial charge on any atom is -0.448 e. The van der Waals surface area contributed by atoms with Crippen LogP contribution < -0.4 is 5.53 Å². The second-order valence-corrected chi connectivity index (χ2v) is 2.65. The molecule has 2 aliphatic rings. The van der Waals surface area contributed by atoms with Crippen molar-refractivity contribution >= 4 is 12.3 Å². The van der Waals surface area contributed by atoms with E-state index >= 15 is 0 Å². The molecule has 2 rings (SSSR count). The van der Waals surface area contributed by atoms with E-state index in [1.54, 1.807) is 36.6 Å². The zero-order valence-corrected chi connectivity index (χ0v) is 7.67. The van der Waals surface area contributed by atoms with E-state index in [1.165, 1.54) is 5.01 Å². The highest BCUT2D eigenvalue weighted by atomic mass is 16.6. The summed E-state index contributed by atoms with van der Waals surface area (Å²) in [6.07, 6.45) is 6.30. The number of rotatable bonds is 1. The van der Waals surface area contributed by atoms with Gasteiger partial charge in [-0.1, -0.05) is 0 Å². The molecule has 0 aliphatic carbocycles. The molecule has 0 atom stereocenters. The molecule has 1 N–H and O–H groups in total. The Bertz CT molecular complexity index is 334. The van der Waals surface area contributed by atoms with Gasteiger partial charge in [0.15, 0.2) is 5.82 Å². The lowest BCUT2D eigenvalue weighted by Crippen LogP contribution is -2.41. The van der Waals surface area contributed by atoms with Gasteiger partial charge in [0.25, 0.3) is 0 Å². The lowest BCUT2D eigenvalue weighted by atomic mass is 10.5. The number of hydrogen-bond donors (Lipinski definition) is 1. The summed E-state index contributed by atoms with van der Waals surface area (Å²) in [5, 5.41) is 2.86. The number of hydrazine groups is 2. The van der Waals surface area contributed by atoms with E-state index in [-0.39, 0.29) is 0 Å². The number of amides is 1. The zero-order chi connectivity index (χ0) is 9.97. The van der Waals surface area contributed by atoms with Crippen LogP contribution >= 0.6 is 0 Å². The highest BCUT2D eigenvalue weighted by molar-refractivity contribution is 5.74. The van der Waals surface area contributed by atoms with Crippen LogP contribution in [0.4, 0.5) is 4.79 Å². The number of nitrogens with zero attached hydrogens (tertiary/aromatic N) is 3. The van der Waals surface area contributed by atoms with Crippen molar-refractivity contribution in [3.05, 3.63) is 24.3 Å². The van der Waals surface area contributed by atoms with Gasteiger partial charge in [0.2, 0.25) is 0 Å². The first-order valence-electron chi connectivity index (χ1n) is 4.25. The Labute approximate surface area is 81.1 Å². The van der Waals surface area contributed by atoms with Crippen molar-refractivity contribution in [2.75, 3.05) is 6.61 Å². The highest BCUT2D eigenvalue weighted by Gasteiger charge is 2.24. The summed E-state index contributed by atoms with van der Waals surface area (Å²) in [5.41, 5.74) is 2.78. The average Bonchev–Trinajstić information content (AvgIpc) is 2.61. The summed E-state index contributed by atoms with van der Waals surface area (Å²) >= 11 is 0. The normalized spacial score (nSPS) is 18.2.